The van der Waals surface area contributed by atoms with Gasteiger partial charge in [0.25, 0.3) is 0 Å². The molecule has 3 aromatic heterocycles. The Morgan fingerprint density at radius 1 is 1.13 bits per heavy atom. The van der Waals surface area contributed by atoms with Gasteiger partial charge in [-0.15, -0.1) is 26.2 Å². The van der Waals surface area contributed by atoms with Crippen molar-refractivity contribution < 1.29 is 0 Å². The van der Waals surface area contributed by atoms with Crippen LogP contribution < -0.4 is 4.90 Å². The number of para-hydroxylation sites is 1. The zero-order chi connectivity index (χ0) is 15.2. The minimum absolute atomic E-state index is 0.272. The van der Waals surface area contributed by atoms with Crippen LogP contribution in [0.5, 0.6) is 0 Å². The van der Waals surface area contributed by atoms with E-state index in [0.717, 1.165) is 35.7 Å². The first kappa shape index (κ1) is 12.9. The highest BCUT2D eigenvalue weighted by atomic mass is 32.1. The Morgan fingerprint density at radius 3 is 3.04 bits per heavy atom. The van der Waals surface area contributed by atoms with Gasteiger partial charge in [-0.3, -0.25) is 0 Å². The maximum atomic E-state index is 4.82. The number of fused-ring (bicyclic) bond motifs is 2. The van der Waals surface area contributed by atoms with Gasteiger partial charge in [0.1, 0.15) is 5.01 Å². The molecule has 1 aromatic carbocycles. The summed E-state index contributed by atoms with van der Waals surface area (Å²) in [6.07, 6.45) is 2.23. The van der Waals surface area contributed by atoms with Crippen molar-refractivity contribution in [2.45, 2.75) is 18.9 Å². The van der Waals surface area contributed by atoms with Gasteiger partial charge in [0.2, 0.25) is 0 Å². The van der Waals surface area contributed by atoms with Gasteiger partial charge in [-0.25, -0.2) is 4.98 Å². The molecule has 1 aliphatic heterocycles. The first-order valence-corrected chi connectivity index (χ1v) is 8.38. The molecule has 8 heteroatoms. The molecule has 4 heterocycles. The summed E-state index contributed by atoms with van der Waals surface area (Å²) in [5.74, 6) is 0.895. The second kappa shape index (κ2) is 4.95. The Morgan fingerprint density at radius 2 is 2.09 bits per heavy atom. The molecule has 4 aromatic rings. The van der Waals surface area contributed by atoms with E-state index in [-0.39, 0.29) is 6.04 Å². The summed E-state index contributed by atoms with van der Waals surface area (Å²) in [4.78, 5) is 7.13. The zero-order valence-corrected chi connectivity index (χ0v) is 13.0. The monoisotopic (exact) mass is 323 g/mol. The molecule has 0 radical (unpaired) electrons. The second-order valence-corrected chi connectivity index (χ2v) is 6.65. The molecule has 1 fully saturated rings. The van der Waals surface area contributed by atoms with Crippen LogP contribution >= 0.6 is 11.3 Å². The number of hydrogen-bond acceptors (Lipinski definition) is 7. The van der Waals surface area contributed by atoms with Crippen LogP contribution in [-0.4, -0.2) is 36.8 Å². The van der Waals surface area contributed by atoms with Crippen LogP contribution in [0.3, 0.4) is 0 Å². The summed E-state index contributed by atoms with van der Waals surface area (Å²) >= 11 is 1.77. The van der Waals surface area contributed by atoms with Gasteiger partial charge in [0, 0.05) is 6.54 Å². The molecule has 1 saturated heterocycles. The minimum atomic E-state index is 0.272. The topological polar surface area (TPSA) is 72.1 Å². The van der Waals surface area contributed by atoms with Crippen molar-refractivity contribution in [1.29, 1.82) is 0 Å². The van der Waals surface area contributed by atoms with Crippen molar-refractivity contribution >= 4 is 33.0 Å². The van der Waals surface area contributed by atoms with Crippen LogP contribution in [0.4, 0.5) is 5.82 Å². The normalized spacial score (nSPS) is 18.3. The van der Waals surface area contributed by atoms with Crippen molar-refractivity contribution in [3.63, 3.8) is 0 Å². The molecular formula is C15H13N7S. The molecule has 7 nitrogen and oxygen atoms in total. The molecule has 0 amide bonds. The number of anilines is 1. The lowest BCUT2D eigenvalue weighted by Crippen LogP contribution is -2.24. The van der Waals surface area contributed by atoms with Crippen molar-refractivity contribution in [3.8, 4) is 0 Å². The highest BCUT2D eigenvalue weighted by Gasteiger charge is 2.30. The molecule has 0 spiro atoms. The predicted octanol–water partition coefficient (Wildman–Crippen LogP) is 2.47. The summed E-state index contributed by atoms with van der Waals surface area (Å²) < 4.78 is 2.71. The molecule has 5 rings (SSSR count). The van der Waals surface area contributed by atoms with Gasteiger partial charge in [0.15, 0.2) is 11.5 Å². The minimum Gasteiger partial charge on any atom is -0.346 e. The van der Waals surface area contributed by atoms with Gasteiger partial charge in [0.05, 0.1) is 16.3 Å². The zero-order valence-electron chi connectivity index (χ0n) is 12.2. The Bertz CT molecular complexity index is 951. The molecule has 0 unspecified atom stereocenters. The largest absolute Gasteiger partial charge is 0.346 e. The molecule has 1 atom stereocenters. The Hall–Kier alpha value is -2.61. The number of tetrazole rings is 1. The number of benzene rings is 1. The van der Waals surface area contributed by atoms with E-state index in [4.69, 9.17) is 4.98 Å². The van der Waals surface area contributed by atoms with Crippen LogP contribution in [0.15, 0.2) is 36.4 Å². The van der Waals surface area contributed by atoms with Crippen molar-refractivity contribution in [2.24, 2.45) is 0 Å². The van der Waals surface area contributed by atoms with Gasteiger partial charge >= 0.3 is 0 Å². The smallest absolute Gasteiger partial charge is 0.200 e. The average Bonchev–Trinajstić information content (AvgIpc) is 3.31. The third-order valence-corrected chi connectivity index (χ3v) is 5.34. The highest BCUT2D eigenvalue weighted by molar-refractivity contribution is 7.18. The van der Waals surface area contributed by atoms with Gasteiger partial charge in [-0.1, -0.05) is 12.1 Å². The van der Waals surface area contributed by atoms with E-state index in [0.29, 0.717) is 5.65 Å². The number of aromatic nitrogens is 6. The fourth-order valence-electron chi connectivity index (χ4n) is 3.12. The lowest BCUT2D eigenvalue weighted by atomic mass is 10.2. The third kappa shape index (κ3) is 2.06. The first-order valence-electron chi connectivity index (χ1n) is 7.56. The van der Waals surface area contributed by atoms with E-state index in [1.165, 1.54) is 9.33 Å². The van der Waals surface area contributed by atoms with Gasteiger partial charge in [-0.2, -0.15) is 0 Å². The number of nitrogens with zero attached hydrogens (tertiary/aromatic N) is 7. The molecule has 23 heavy (non-hydrogen) atoms. The molecule has 114 valence electrons. The van der Waals surface area contributed by atoms with Crippen molar-refractivity contribution in [3.05, 3.63) is 41.4 Å². The fourth-order valence-corrected chi connectivity index (χ4v) is 4.24. The molecule has 0 aliphatic carbocycles. The lowest BCUT2D eigenvalue weighted by Gasteiger charge is -2.23. The van der Waals surface area contributed by atoms with E-state index in [9.17, 15) is 0 Å². The van der Waals surface area contributed by atoms with Crippen LogP contribution in [-0.2, 0) is 0 Å². The molecular weight excluding hydrogens is 310 g/mol. The fraction of sp³-hybridized carbons (Fsp3) is 0.267. The third-order valence-electron chi connectivity index (χ3n) is 4.20. The number of rotatable bonds is 2. The van der Waals surface area contributed by atoms with Gasteiger partial charge in [-0.05, 0) is 47.5 Å². The van der Waals surface area contributed by atoms with Crippen LogP contribution in [0.1, 0.15) is 23.9 Å². The standard InChI is InChI=1S/C15H13N7S/c1-2-6-12-10(4-1)16-15(23-12)11-5-3-9-21(11)14-8-7-13-17-19-20-22(13)18-14/h1-2,4,6-8,11H,3,5,9H2/t11-/m0/s1. The second-order valence-electron chi connectivity index (χ2n) is 5.59. The first-order chi connectivity index (χ1) is 11.4. The Labute approximate surface area is 135 Å². The van der Waals surface area contributed by atoms with E-state index in [1.807, 2.05) is 18.2 Å². The quantitative estimate of drug-likeness (QED) is 0.564. The molecule has 0 N–H and O–H groups in total. The summed E-state index contributed by atoms with van der Waals surface area (Å²) in [5.41, 5.74) is 1.73. The summed E-state index contributed by atoms with van der Waals surface area (Å²) in [6.45, 7) is 0.973. The van der Waals surface area contributed by atoms with Crippen LogP contribution in [0.25, 0.3) is 15.9 Å². The van der Waals surface area contributed by atoms with E-state index in [1.54, 1.807) is 11.3 Å². The summed E-state index contributed by atoms with van der Waals surface area (Å²) in [5, 5.41) is 17.1. The summed E-state index contributed by atoms with van der Waals surface area (Å²) in [6, 6.07) is 12.4. The molecule has 0 bridgehead atoms. The predicted molar refractivity (Wildman–Crippen MR) is 87.5 cm³/mol. The lowest BCUT2D eigenvalue weighted by molar-refractivity contribution is 0.677. The van der Waals surface area contributed by atoms with E-state index >= 15 is 0 Å². The van der Waals surface area contributed by atoms with Crippen molar-refractivity contribution in [1.82, 2.24) is 30.2 Å². The Kier molecular flexibility index (Phi) is 2.77. The molecule has 1 aliphatic rings. The van der Waals surface area contributed by atoms with E-state index in [2.05, 4.69) is 43.7 Å². The van der Waals surface area contributed by atoms with Crippen LogP contribution in [0.2, 0.25) is 0 Å². The maximum Gasteiger partial charge on any atom is 0.200 e. The Balaban J connectivity index is 1.56. The van der Waals surface area contributed by atoms with Gasteiger partial charge < -0.3 is 4.90 Å². The SMILES string of the molecule is c1ccc2sc([C@@H]3CCCN3c3ccc4nnnn4n3)nc2c1. The highest BCUT2D eigenvalue weighted by Crippen LogP contribution is 2.38. The molecule has 0 saturated carbocycles. The number of thiazole rings is 1. The maximum absolute atomic E-state index is 4.82. The van der Waals surface area contributed by atoms with Crippen LogP contribution in [0, 0.1) is 0 Å². The van der Waals surface area contributed by atoms with E-state index < -0.39 is 0 Å². The summed E-state index contributed by atoms with van der Waals surface area (Å²) in [7, 11) is 0. The van der Waals surface area contributed by atoms with Crippen molar-refractivity contribution in [2.75, 3.05) is 11.4 Å². The average molecular weight is 323 g/mol. The number of hydrogen-bond donors (Lipinski definition) is 0.